The van der Waals surface area contributed by atoms with Crippen molar-refractivity contribution < 1.29 is 8.42 Å². The third kappa shape index (κ3) is 4.41. The van der Waals surface area contributed by atoms with Crippen molar-refractivity contribution in [2.24, 2.45) is 5.41 Å². The highest BCUT2D eigenvalue weighted by Gasteiger charge is 2.35. The molecule has 2 aliphatic rings. The minimum absolute atomic E-state index is 0.108. The first-order valence-electron chi connectivity index (χ1n) is 11.3. The van der Waals surface area contributed by atoms with Crippen LogP contribution in [0.2, 0.25) is 0 Å². The Morgan fingerprint density at radius 2 is 1.90 bits per heavy atom. The molecule has 0 aliphatic heterocycles. The average Bonchev–Trinajstić information content (AvgIpc) is 3.61. The van der Waals surface area contributed by atoms with Crippen molar-refractivity contribution >= 4 is 20.9 Å². The van der Waals surface area contributed by atoms with Gasteiger partial charge in [-0.2, -0.15) is 0 Å². The molecule has 6 heteroatoms. The van der Waals surface area contributed by atoms with Crippen LogP contribution in [0.5, 0.6) is 0 Å². The molecule has 0 atom stereocenters. The maximum Gasteiger partial charge on any atom is 0.214 e. The standard InChI is InChI=1S/C25H31N3O2S/c1-25(2,3)16-28-15-19(14-27-31(29,30)20-9-10-20)21-11-8-18(13-23(21)28)24-22(17-6-7-17)5-4-12-26-24/h4-5,8,11-13,15,17,20,27H,6-7,9-10,14,16H2,1-3H3. The van der Waals surface area contributed by atoms with Gasteiger partial charge in [-0.15, -0.1) is 0 Å². The van der Waals surface area contributed by atoms with Crippen LogP contribution in [0.25, 0.3) is 22.2 Å². The van der Waals surface area contributed by atoms with E-state index < -0.39 is 10.0 Å². The lowest BCUT2D eigenvalue weighted by Crippen LogP contribution is -2.26. The molecule has 1 N–H and O–H groups in total. The first kappa shape index (κ1) is 20.7. The molecule has 1 aromatic carbocycles. The number of nitrogens with one attached hydrogen (secondary N) is 1. The van der Waals surface area contributed by atoms with E-state index in [4.69, 9.17) is 4.98 Å². The third-order valence-corrected chi connectivity index (χ3v) is 8.06. The number of aromatic nitrogens is 2. The van der Waals surface area contributed by atoms with E-state index in [0.717, 1.165) is 47.1 Å². The van der Waals surface area contributed by atoms with E-state index in [-0.39, 0.29) is 10.7 Å². The van der Waals surface area contributed by atoms with Gasteiger partial charge < -0.3 is 4.57 Å². The predicted octanol–water partition coefficient (Wildman–Crippen LogP) is 5.21. The SMILES string of the molecule is CC(C)(C)Cn1cc(CNS(=O)(=O)C2CC2)c2ccc(-c3ncccc3C3CC3)cc21. The maximum atomic E-state index is 12.4. The molecule has 31 heavy (non-hydrogen) atoms. The smallest absolute Gasteiger partial charge is 0.214 e. The number of hydrogen-bond donors (Lipinski definition) is 1. The number of nitrogens with zero attached hydrogens (tertiary/aromatic N) is 2. The Morgan fingerprint density at radius 3 is 2.58 bits per heavy atom. The van der Waals surface area contributed by atoms with Crippen LogP contribution >= 0.6 is 0 Å². The second-order valence-corrected chi connectivity index (χ2v) is 12.4. The van der Waals surface area contributed by atoms with E-state index in [2.05, 4.69) is 60.5 Å². The summed E-state index contributed by atoms with van der Waals surface area (Å²) in [7, 11) is -3.21. The number of rotatable bonds is 7. The van der Waals surface area contributed by atoms with Crippen molar-refractivity contribution in [2.75, 3.05) is 0 Å². The van der Waals surface area contributed by atoms with Gasteiger partial charge in [-0.3, -0.25) is 4.98 Å². The summed E-state index contributed by atoms with van der Waals surface area (Å²) in [6, 6.07) is 10.7. The van der Waals surface area contributed by atoms with Gasteiger partial charge in [-0.25, -0.2) is 13.1 Å². The molecule has 2 heterocycles. The quantitative estimate of drug-likeness (QED) is 0.552. The Morgan fingerprint density at radius 1 is 1.13 bits per heavy atom. The highest BCUT2D eigenvalue weighted by Crippen LogP contribution is 2.44. The van der Waals surface area contributed by atoms with Gasteiger partial charge in [0.15, 0.2) is 0 Å². The number of sulfonamides is 1. The molecule has 0 unspecified atom stereocenters. The van der Waals surface area contributed by atoms with Gasteiger partial charge >= 0.3 is 0 Å². The molecule has 2 aromatic heterocycles. The largest absolute Gasteiger partial charge is 0.347 e. The average molecular weight is 438 g/mol. The topological polar surface area (TPSA) is 64.0 Å². The molecule has 5 nitrogen and oxygen atoms in total. The number of fused-ring (bicyclic) bond motifs is 1. The van der Waals surface area contributed by atoms with E-state index in [1.807, 2.05) is 12.3 Å². The minimum atomic E-state index is -3.21. The second-order valence-electron chi connectivity index (χ2n) is 10.4. The summed E-state index contributed by atoms with van der Waals surface area (Å²) in [6.07, 6.45) is 8.03. The van der Waals surface area contributed by atoms with Gasteiger partial charge in [0.25, 0.3) is 0 Å². The highest BCUT2D eigenvalue weighted by molar-refractivity contribution is 7.90. The Kier molecular flexibility index (Phi) is 4.98. The van der Waals surface area contributed by atoms with Crippen LogP contribution in [-0.2, 0) is 23.1 Å². The Bertz CT molecular complexity index is 1230. The van der Waals surface area contributed by atoms with Crippen molar-refractivity contribution in [3.8, 4) is 11.3 Å². The van der Waals surface area contributed by atoms with Crippen molar-refractivity contribution in [3.63, 3.8) is 0 Å². The van der Waals surface area contributed by atoms with Crippen LogP contribution < -0.4 is 4.72 Å². The zero-order chi connectivity index (χ0) is 21.8. The third-order valence-electron chi connectivity index (χ3n) is 6.17. The molecule has 2 aliphatic carbocycles. The molecular weight excluding hydrogens is 406 g/mol. The van der Waals surface area contributed by atoms with Crippen LogP contribution in [0.4, 0.5) is 0 Å². The lowest BCUT2D eigenvalue weighted by Gasteiger charge is -2.20. The summed E-state index contributed by atoms with van der Waals surface area (Å²) in [4.78, 5) is 4.72. The van der Waals surface area contributed by atoms with Crippen LogP contribution in [0, 0.1) is 5.41 Å². The normalized spacial score (nSPS) is 17.4. The summed E-state index contributed by atoms with van der Waals surface area (Å²) in [6.45, 7) is 7.87. The molecule has 164 valence electrons. The fourth-order valence-electron chi connectivity index (χ4n) is 4.36. The molecule has 2 saturated carbocycles. The van der Waals surface area contributed by atoms with E-state index >= 15 is 0 Å². The molecule has 3 aromatic rings. The first-order chi connectivity index (χ1) is 14.7. The van der Waals surface area contributed by atoms with Crippen LogP contribution in [0.15, 0.2) is 42.7 Å². The van der Waals surface area contributed by atoms with Crippen LogP contribution in [0.3, 0.4) is 0 Å². The highest BCUT2D eigenvalue weighted by atomic mass is 32.2. The van der Waals surface area contributed by atoms with Gasteiger partial charge in [0.1, 0.15) is 0 Å². The van der Waals surface area contributed by atoms with Crippen LogP contribution in [-0.4, -0.2) is 23.2 Å². The van der Waals surface area contributed by atoms with E-state index in [1.54, 1.807) is 0 Å². The number of benzene rings is 1. The van der Waals surface area contributed by atoms with E-state index in [0.29, 0.717) is 12.5 Å². The van der Waals surface area contributed by atoms with Gasteiger partial charge in [0.05, 0.1) is 10.9 Å². The van der Waals surface area contributed by atoms with Crippen molar-refractivity contribution in [2.45, 2.75) is 70.7 Å². The summed E-state index contributed by atoms with van der Waals surface area (Å²) in [5, 5.41) is 0.905. The molecule has 0 saturated heterocycles. The van der Waals surface area contributed by atoms with Gasteiger partial charge in [0, 0.05) is 41.9 Å². The number of hydrogen-bond acceptors (Lipinski definition) is 3. The lowest BCUT2D eigenvalue weighted by molar-refractivity contribution is 0.349. The predicted molar refractivity (Wildman–Crippen MR) is 125 cm³/mol. The van der Waals surface area contributed by atoms with Crippen molar-refractivity contribution in [1.82, 2.24) is 14.3 Å². The lowest BCUT2D eigenvalue weighted by atomic mass is 9.96. The summed E-state index contributed by atoms with van der Waals surface area (Å²) in [5.41, 5.74) is 5.82. The maximum absolute atomic E-state index is 12.4. The van der Waals surface area contributed by atoms with Crippen LogP contribution in [0.1, 0.15) is 63.5 Å². The molecule has 5 rings (SSSR count). The van der Waals surface area contributed by atoms with E-state index in [9.17, 15) is 8.42 Å². The summed E-state index contributed by atoms with van der Waals surface area (Å²) in [5.74, 6) is 0.633. The minimum Gasteiger partial charge on any atom is -0.347 e. The number of pyridine rings is 1. The molecule has 0 spiro atoms. The van der Waals surface area contributed by atoms with Crippen molar-refractivity contribution in [1.29, 1.82) is 0 Å². The van der Waals surface area contributed by atoms with Crippen molar-refractivity contribution in [3.05, 3.63) is 53.9 Å². The zero-order valence-electron chi connectivity index (χ0n) is 18.6. The molecule has 0 amide bonds. The zero-order valence-corrected chi connectivity index (χ0v) is 19.4. The fourth-order valence-corrected chi connectivity index (χ4v) is 5.70. The monoisotopic (exact) mass is 437 g/mol. The Balaban J connectivity index is 1.55. The molecule has 0 radical (unpaired) electrons. The van der Waals surface area contributed by atoms with E-state index in [1.165, 1.54) is 18.4 Å². The Hall–Kier alpha value is -2.18. The Labute approximate surface area is 184 Å². The van der Waals surface area contributed by atoms with Gasteiger partial charge in [-0.05, 0) is 60.3 Å². The second kappa shape index (κ2) is 7.45. The molecular formula is C25H31N3O2S. The van der Waals surface area contributed by atoms with Gasteiger partial charge in [-0.1, -0.05) is 39.0 Å². The molecule has 0 bridgehead atoms. The molecule has 2 fully saturated rings. The van der Waals surface area contributed by atoms with Gasteiger partial charge in [0.2, 0.25) is 10.0 Å². The summed E-state index contributed by atoms with van der Waals surface area (Å²) >= 11 is 0. The fraction of sp³-hybridized carbons (Fsp3) is 0.480. The first-order valence-corrected chi connectivity index (χ1v) is 12.8. The summed E-state index contributed by atoms with van der Waals surface area (Å²) < 4.78 is 29.8.